The number of H-pyrrole nitrogens is 1. The Balaban J connectivity index is 2.58. The van der Waals surface area contributed by atoms with Gasteiger partial charge in [-0.3, -0.25) is 5.10 Å². The van der Waals surface area contributed by atoms with E-state index in [9.17, 15) is 12.8 Å². The molecule has 0 radical (unpaired) electrons. The van der Waals surface area contributed by atoms with Crippen molar-refractivity contribution in [3.8, 4) is 11.3 Å². The molecule has 0 aliphatic heterocycles. The maximum atomic E-state index is 12.7. The van der Waals surface area contributed by atoms with Crippen molar-refractivity contribution in [2.75, 3.05) is 0 Å². The molecule has 0 atom stereocenters. The van der Waals surface area contributed by atoms with Gasteiger partial charge in [-0.15, -0.1) is 0 Å². The highest BCUT2D eigenvalue weighted by atomic mass is 32.2. The SMILES string of the molecule is NS(=O)(=O)c1cn[nH]c1-c1ccc(F)cc1. The number of nitrogens with zero attached hydrogens (tertiary/aromatic N) is 1. The highest BCUT2D eigenvalue weighted by Gasteiger charge is 2.17. The molecule has 0 spiro atoms. The zero-order valence-electron chi connectivity index (χ0n) is 8.01. The van der Waals surface area contributed by atoms with Gasteiger partial charge in [-0.25, -0.2) is 17.9 Å². The number of aromatic nitrogens is 2. The number of aromatic amines is 1. The lowest BCUT2D eigenvalue weighted by Gasteiger charge is -2.00. The number of rotatable bonds is 2. The molecular formula is C9H8FN3O2S. The van der Waals surface area contributed by atoms with Gasteiger partial charge in [-0.2, -0.15) is 5.10 Å². The number of benzene rings is 1. The van der Waals surface area contributed by atoms with Gasteiger partial charge in [0.1, 0.15) is 10.7 Å². The van der Waals surface area contributed by atoms with Crippen LogP contribution in [0.15, 0.2) is 35.4 Å². The number of halogens is 1. The van der Waals surface area contributed by atoms with Crippen molar-refractivity contribution in [2.45, 2.75) is 4.90 Å². The highest BCUT2D eigenvalue weighted by Crippen LogP contribution is 2.23. The zero-order valence-corrected chi connectivity index (χ0v) is 8.83. The van der Waals surface area contributed by atoms with Crippen LogP contribution in [0, 0.1) is 5.82 Å². The summed E-state index contributed by atoms with van der Waals surface area (Å²) in [5, 5.41) is 11.1. The third-order valence-electron chi connectivity index (χ3n) is 2.04. The molecule has 5 nitrogen and oxygen atoms in total. The quantitative estimate of drug-likeness (QED) is 0.817. The summed E-state index contributed by atoms with van der Waals surface area (Å²) in [6.45, 7) is 0. The van der Waals surface area contributed by atoms with Crippen LogP contribution in [-0.2, 0) is 10.0 Å². The molecule has 0 aliphatic carbocycles. The molecule has 0 fully saturated rings. The first-order valence-electron chi connectivity index (χ1n) is 4.30. The molecule has 2 aromatic rings. The summed E-state index contributed by atoms with van der Waals surface area (Å²) in [5.74, 6) is -0.402. The lowest BCUT2D eigenvalue weighted by Crippen LogP contribution is -2.12. The van der Waals surface area contributed by atoms with E-state index in [1.807, 2.05) is 0 Å². The first kappa shape index (κ1) is 10.8. The van der Waals surface area contributed by atoms with Crippen LogP contribution < -0.4 is 5.14 Å². The van der Waals surface area contributed by atoms with Crippen LogP contribution in [-0.4, -0.2) is 18.6 Å². The zero-order chi connectivity index (χ0) is 11.8. The van der Waals surface area contributed by atoms with Crippen molar-refractivity contribution in [1.82, 2.24) is 10.2 Å². The average Bonchev–Trinajstić information content (AvgIpc) is 2.66. The lowest BCUT2D eigenvalue weighted by molar-refractivity contribution is 0.598. The molecular weight excluding hydrogens is 233 g/mol. The summed E-state index contributed by atoms with van der Waals surface area (Å²) >= 11 is 0. The highest BCUT2D eigenvalue weighted by molar-refractivity contribution is 7.89. The molecule has 0 bridgehead atoms. The Morgan fingerprint density at radius 2 is 1.88 bits per heavy atom. The van der Waals surface area contributed by atoms with Crippen molar-refractivity contribution in [1.29, 1.82) is 0 Å². The van der Waals surface area contributed by atoms with Gasteiger partial charge >= 0.3 is 0 Å². The van der Waals surface area contributed by atoms with E-state index in [0.717, 1.165) is 6.20 Å². The topological polar surface area (TPSA) is 88.8 Å². The van der Waals surface area contributed by atoms with Crippen molar-refractivity contribution in [2.24, 2.45) is 5.14 Å². The predicted octanol–water partition coefficient (Wildman–Crippen LogP) is 0.863. The van der Waals surface area contributed by atoms with E-state index in [2.05, 4.69) is 10.2 Å². The van der Waals surface area contributed by atoms with Crippen LogP contribution in [0.1, 0.15) is 0 Å². The van der Waals surface area contributed by atoms with Gasteiger partial charge in [0.25, 0.3) is 0 Å². The van der Waals surface area contributed by atoms with Gasteiger partial charge in [0, 0.05) is 5.56 Å². The van der Waals surface area contributed by atoms with E-state index in [1.165, 1.54) is 24.3 Å². The molecule has 0 saturated carbocycles. The number of sulfonamides is 1. The molecule has 84 valence electrons. The Kier molecular flexibility index (Phi) is 2.49. The fourth-order valence-electron chi connectivity index (χ4n) is 1.31. The maximum absolute atomic E-state index is 12.7. The maximum Gasteiger partial charge on any atom is 0.241 e. The Morgan fingerprint density at radius 3 is 2.44 bits per heavy atom. The van der Waals surface area contributed by atoms with Crippen LogP contribution >= 0.6 is 0 Å². The van der Waals surface area contributed by atoms with E-state index in [1.54, 1.807) is 0 Å². The minimum atomic E-state index is -3.84. The number of hydrogen-bond donors (Lipinski definition) is 2. The molecule has 3 N–H and O–H groups in total. The number of nitrogens with one attached hydrogen (secondary N) is 1. The van der Waals surface area contributed by atoms with E-state index < -0.39 is 15.8 Å². The Labute approximate surface area is 91.2 Å². The lowest BCUT2D eigenvalue weighted by atomic mass is 10.1. The third-order valence-corrected chi connectivity index (χ3v) is 2.97. The minimum absolute atomic E-state index is 0.112. The number of hydrogen-bond acceptors (Lipinski definition) is 3. The predicted molar refractivity (Wildman–Crippen MR) is 55.4 cm³/mol. The van der Waals surface area contributed by atoms with Crippen LogP contribution in [0.3, 0.4) is 0 Å². The van der Waals surface area contributed by atoms with Crippen molar-refractivity contribution in [3.05, 3.63) is 36.3 Å². The summed E-state index contributed by atoms with van der Waals surface area (Å²) in [4.78, 5) is -0.112. The van der Waals surface area contributed by atoms with Crippen LogP contribution in [0.5, 0.6) is 0 Å². The minimum Gasteiger partial charge on any atom is -0.276 e. The van der Waals surface area contributed by atoms with Crippen molar-refractivity contribution in [3.63, 3.8) is 0 Å². The fourth-order valence-corrected chi connectivity index (χ4v) is 1.96. The number of nitrogens with two attached hydrogens (primary N) is 1. The average molecular weight is 241 g/mol. The first-order chi connectivity index (χ1) is 7.48. The molecule has 1 aromatic heterocycles. The normalized spacial score (nSPS) is 11.6. The molecule has 2 rings (SSSR count). The van der Waals surface area contributed by atoms with E-state index in [-0.39, 0.29) is 10.6 Å². The van der Waals surface area contributed by atoms with Gasteiger partial charge < -0.3 is 0 Å². The second-order valence-electron chi connectivity index (χ2n) is 3.16. The summed E-state index contributed by atoms with van der Waals surface area (Å²) in [7, 11) is -3.84. The molecule has 1 heterocycles. The molecule has 0 unspecified atom stereocenters. The second-order valence-corrected chi connectivity index (χ2v) is 4.69. The fraction of sp³-hybridized carbons (Fsp3) is 0. The van der Waals surface area contributed by atoms with Crippen LogP contribution in [0.25, 0.3) is 11.3 Å². The largest absolute Gasteiger partial charge is 0.276 e. The summed E-state index contributed by atoms with van der Waals surface area (Å²) < 4.78 is 35.1. The van der Waals surface area contributed by atoms with Gasteiger partial charge in [0.05, 0.1) is 11.9 Å². The molecule has 1 aromatic carbocycles. The van der Waals surface area contributed by atoms with E-state index in [4.69, 9.17) is 5.14 Å². The van der Waals surface area contributed by atoms with Gasteiger partial charge in [0.2, 0.25) is 10.0 Å². The second kappa shape index (κ2) is 3.69. The summed E-state index contributed by atoms with van der Waals surface area (Å²) in [6.07, 6.45) is 1.12. The summed E-state index contributed by atoms with van der Waals surface area (Å²) in [6, 6.07) is 5.33. The van der Waals surface area contributed by atoms with Crippen LogP contribution in [0.4, 0.5) is 4.39 Å². The van der Waals surface area contributed by atoms with E-state index in [0.29, 0.717) is 5.56 Å². The van der Waals surface area contributed by atoms with Crippen LogP contribution in [0.2, 0.25) is 0 Å². The monoisotopic (exact) mass is 241 g/mol. The molecule has 0 amide bonds. The Hall–Kier alpha value is -1.73. The molecule has 16 heavy (non-hydrogen) atoms. The van der Waals surface area contributed by atoms with Crippen molar-refractivity contribution >= 4 is 10.0 Å². The van der Waals surface area contributed by atoms with Gasteiger partial charge in [-0.1, -0.05) is 0 Å². The van der Waals surface area contributed by atoms with E-state index >= 15 is 0 Å². The Morgan fingerprint density at radius 1 is 1.25 bits per heavy atom. The number of primary sulfonamides is 1. The van der Waals surface area contributed by atoms with Gasteiger partial charge in [0.15, 0.2) is 0 Å². The molecule has 0 aliphatic rings. The Bertz CT molecular complexity index is 604. The van der Waals surface area contributed by atoms with Gasteiger partial charge in [-0.05, 0) is 24.3 Å². The van der Waals surface area contributed by atoms with Crippen molar-refractivity contribution < 1.29 is 12.8 Å². The standard InChI is InChI=1S/C9H8FN3O2S/c10-7-3-1-6(2-4-7)9-8(5-12-13-9)16(11,14)15/h1-5H,(H,12,13)(H2,11,14,15). The molecule has 0 saturated heterocycles. The third kappa shape index (κ3) is 1.95. The smallest absolute Gasteiger partial charge is 0.241 e. The molecule has 7 heteroatoms. The first-order valence-corrected chi connectivity index (χ1v) is 5.85. The summed E-state index contributed by atoms with van der Waals surface area (Å²) in [5.41, 5.74) is 0.755.